The van der Waals surface area contributed by atoms with E-state index in [-0.39, 0.29) is 0 Å². The molecule has 0 saturated heterocycles. The Morgan fingerprint density at radius 3 is 2.48 bits per heavy atom. The zero-order chi connectivity index (χ0) is 15.1. The topological polar surface area (TPSA) is 54.2 Å². The zero-order valence-electron chi connectivity index (χ0n) is 12.2. The largest absolute Gasteiger partial charge is 0.494 e. The highest BCUT2D eigenvalue weighted by Crippen LogP contribution is 2.17. The Bertz CT molecular complexity index is 646. The average Bonchev–Trinajstić information content (AvgIpc) is 2.51. The lowest BCUT2D eigenvalue weighted by Crippen LogP contribution is -2.02. The molecule has 2 aromatic rings. The van der Waals surface area contributed by atoms with Gasteiger partial charge in [-0.3, -0.25) is 4.99 Å². The molecule has 0 bridgehead atoms. The molecular formula is C17H18N2O2. The Morgan fingerprint density at radius 1 is 1.14 bits per heavy atom. The Morgan fingerprint density at radius 2 is 1.86 bits per heavy atom. The van der Waals surface area contributed by atoms with E-state index in [1.807, 2.05) is 62.4 Å². The molecule has 4 heteroatoms. The summed E-state index contributed by atoms with van der Waals surface area (Å²) in [5, 5.41) is 12.5. The van der Waals surface area contributed by atoms with Crippen LogP contribution in [0.25, 0.3) is 0 Å². The fourth-order valence-corrected chi connectivity index (χ4v) is 1.89. The number of ether oxygens (including phenoxy) is 1. The SMILES string of the molecule is CCOc1ccc(/C(C=Nc2ccccc2C)=N/O)cc1. The predicted molar refractivity (Wildman–Crippen MR) is 85.3 cm³/mol. The summed E-state index contributed by atoms with van der Waals surface area (Å²) in [4.78, 5) is 4.37. The van der Waals surface area contributed by atoms with E-state index < -0.39 is 0 Å². The van der Waals surface area contributed by atoms with E-state index in [4.69, 9.17) is 9.94 Å². The van der Waals surface area contributed by atoms with Crippen LogP contribution in [0.1, 0.15) is 18.1 Å². The molecule has 1 N–H and O–H groups in total. The lowest BCUT2D eigenvalue weighted by Gasteiger charge is -2.04. The Hall–Kier alpha value is -2.62. The fraction of sp³-hybridized carbons (Fsp3) is 0.176. The van der Waals surface area contributed by atoms with Crippen LogP contribution in [0.3, 0.4) is 0 Å². The fourth-order valence-electron chi connectivity index (χ4n) is 1.89. The summed E-state index contributed by atoms with van der Waals surface area (Å²) >= 11 is 0. The van der Waals surface area contributed by atoms with Crippen molar-refractivity contribution in [1.82, 2.24) is 0 Å². The number of rotatable bonds is 5. The molecule has 0 aliphatic heterocycles. The number of para-hydroxylation sites is 1. The first-order valence-corrected chi connectivity index (χ1v) is 6.79. The molecule has 2 aromatic carbocycles. The standard InChI is InChI=1S/C17H18N2O2/c1-3-21-15-10-8-14(9-11-15)17(19-20)12-18-16-7-5-4-6-13(16)2/h4-12,20H,3H2,1-2H3/b18-12?,19-17+. The van der Waals surface area contributed by atoms with Gasteiger partial charge in [-0.05, 0) is 49.7 Å². The van der Waals surface area contributed by atoms with Crippen molar-refractivity contribution in [3.8, 4) is 5.75 Å². The number of benzene rings is 2. The highest BCUT2D eigenvalue weighted by atomic mass is 16.5. The van der Waals surface area contributed by atoms with Gasteiger partial charge in [-0.25, -0.2) is 0 Å². The number of nitrogens with zero attached hydrogens (tertiary/aromatic N) is 2. The van der Waals surface area contributed by atoms with E-state index in [0.29, 0.717) is 12.3 Å². The van der Waals surface area contributed by atoms with Crippen LogP contribution < -0.4 is 4.74 Å². The van der Waals surface area contributed by atoms with E-state index in [9.17, 15) is 0 Å². The van der Waals surface area contributed by atoms with Crippen LogP contribution in [-0.2, 0) is 0 Å². The van der Waals surface area contributed by atoms with Gasteiger partial charge in [0.2, 0.25) is 0 Å². The Balaban J connectivity index is 2.19. The third-order valence-corrected chi connectivity index (χ3v) is 3.01. The number of hydrogen-bond acceptors (Lipinski definition) is 4. The molecule has 0 spiro atoms. The molecule has 0 fully saturated rings. The second-order valence-corrected chi connectivity index (χ2v) is 4.49. The highest BCUT2D eigenvalue weighted by molar-refractivity contribution is 6.38. The lowest BCUT2D eigenvalue weighted by atomic mass is 10.1. The summed E-state index contributed by atoms with van der Waals surface area (Å²) in [6.07, 6.45) is 1.55. The van der Waals surface area contributed by atoms with Crippen LogP contribution in [0, 0.1) is 6.92 Å². The molecule has 4 nitrogen and oxygen atoms in total. The van der Waals surface area contributed by atoms with E-state index >= 15 is 0 Å². The molecule has 0 radical (unpaired) electrons. The highest BCUT2D eigenvalue weighted by Gasteiger charge is 2.03. The number of aliphatic imine (C=N–C) groups is 1. The van der Waals surface area contributed by atoms with Crippen molar-refractivity contribution in [3.05, 3.63) is 59.7 Å². The van der Waals surface area contributed by atoms with Crippen LogP contribution in [0.4, 0.5) is 5.69 Å². The maximum absolute atomic E-state index is 9.16. The molecule has 0 aliphatic rings. The zero-order valence-corrected chi connectivity index (χ0v) is 12.2. The van der Waals surface area contributed by atoms with Gasteiger partial charge < -0.3 is 9.94 Å². The predicted octanol–water partition coefficient (Wildman–Crippen LogP) is 3.97. The summed E-state index contributed by atoms with van der Waals surface area (Å²) in [5.74, 6) is 0.786. The quantitative estimate of drug-likeness (QED) is 0.512. The van der Waals surface area contributed by atoms with Crippen LogP contribution >= 0.6 is 0 Å². The van der Waals surface area contributed by atoms with Crippen molar-refractivity contribution in [1.29, 1.82) is 0 Å². The minimum absolute atomic E-state index is 0.404. The van der Waals surface area contributed by atoms with Crippen molar-refractivity contribution in [2.75, 3.05) is 6.61 Å². The molecule has 108 valence electrons. The van der Waals surface area contributed by atoms with Gasteiger partial charge in [0.25, 0.3) is 0 Å². The van der Waals surface area contributed by atoms with E-state index in [2.05, 4.69) is 10.1 Å². The monoisotopic (exact) mass is 282 g/mol. The first kappa shape index (κ1) is 14.8. The molecule has 0 saturated carbocycles. The van der Waals surface area contributed by atoms with E-state index in [0.717, 1.165) is 22.6 Å². The van der Waals surface area contributed by atoms with Crippen LogP contribution in [0.5, 0.6) is 5.75 Å². The summed E-state index contributed by atoms with van der Waals surface area (Å²) in [5.41, 5.74) is 3.10. The van der Waals surface area contributed by atoms with Crippen LogP contribution in [0.2, 0.25) is 0 Å². The van der Waals surface area contributed by atoms with Crippen molar-refractivity contribution in [2.45, 2.75) is 13.8 Å². The van der Waals surface area contributed by atoms with Gasteiger partial charge in [0, 0.05) is 5.56 Å². The van der Waals surface area contributed by atoms with E-state index in [1.165, 1.54) is 0 Å². The van der Waals surface area contributed by atoms with Crippen molar-refractivity contribution < 1.29 is 9.94 Å². The van der Waals surface area contributed by atoms with Crippen molar-refractivity contribution >= 4 is 17.6 Å². The summed E-state index contributed by atoms with van der Waals surface area (Å²) in [6.45, 7) is 4.54. The van der Waals surface area contributed by atoms with Gasteiger partial charge in [0.1, 0.15) is 11.5 Å². The van der Waals surface area contributed by atoms with Crippen molar-refractivity contribution in [3.63, 3.8) is 0 Å². The van der Waals surface area contributed by atoms with Gasteiger partial charge in [0.15, 0.2) is 0 Å². The average molecular weight is 282 g/mol. The number of aryl methyl sites for hydroxylation is 1. The molecule has 0 heterocycles. The van der Waals surface area contributed by atoms with E-state index in [1.54, 1.807) is 6.21 Å². The second kappa shape index (κ2) is 7.24. The van der Waals surface area contributed by atoms with Crippen LogP contribution in [0.15, 0.2) is 58.7 Å². The minimum atomic E-state index is 0.404. The van der Waals surface area contributed by atoms with Crippen molar-refractivity contribution in [2.24, 2.45) is 10.1 Å². The summed E-state index contributed by atoms with van der Waals surface area (Å²) in [6, 6.07) is 15.1. The number of oxime groups is 1. The van der Waals surface area contributed by atoms with Gasteiger partial charge >= 0.3 is 0 Å². The smallest absolute Gasteiger partial charge is 0.128 e. The van der Waals surface area contributed by atoms with Gasteiger partial charge in [-0.2, -0.15) is 0 Å². The number of hydrogen-bond donors (Lipinski definition) is 1. The molecular weight excluding hydrogens is 264 g/mol. The van der Waals surface area contributed by atoms with Gasteiger partial charge in [0.05, 0.1) is 18.5 Å². The van der Waals surface area contributed by atoms with Gasteiger partial charge in [-0.15, -0.1) is 0 Å². The Kier molecular flexibility index (Phi) is 5.10. The molecule has 0 amide bonds. The molecule has 0 aliphatic carbocycles. The van der Waals surface area contributed by atoms with Crippen LogP contribution in [-0.4, -0.2) is 23.7 Å². The normalized spacial score (nSPS) is 11.8. The second-order valence-electron chi connectivity index (χ2n) is 4.49. The molecule has 2 rings (SSSR count). The third kappa shape index (κ3) is 3.92. The lowest BCUT2D eigenvalue weighted by molar-refractivity contribution is 0.320. The summed E-state index contributed by atoms with van der Waals surface area (Å²) < 4.78 is 5.38. The maximum Gasteiger partial charge on any atom is 0.128 e. The third-order valence-electron chi connectivity index (χ3n) is 3.01. The molecule has 0 atom stereocenters. The summed E-state index contributed by atoms with van der Waals surface area (Å²) in [7, 11) is 0. The molecule has 21 heavy (non-hydrogen) atoms. The molecule has 0 aromatic heterocycles. The first-order valence-electron chi connectivity index (χ1n) is 6.79. The Labute approximate surface area is 124 Å². The molecule has 0 unspecified atom stereocenters. The maximum atomic E-state index is 9.16. The van der Waals surface area contributed by atoms with Gasteiger partial charge in [-0.1, -0.05) is 23.4 Å². The first-order chi connectivity index (χ1) is 10.2. The minimum Gasteiger partial charge on any atom is -0.494 e.